The van der Waals surface area contributed by atoms with Crippen molar-refractivity contribution in [3.63, 3.8) is 0 Å². The van der Waals surface area contributed by atoms with E-state index in [1.54, 1.807) is 18.0 Å². The van der Waals surface area contributed by atoms with Gasteiger partial charge >= 0.3 is 0 Å². The van der Waals surface area contributed by atoms with Crippen molar-refractivity contribution in [3.8, 4) is 0 Å². The van der Waals surface area contributed by atoms with Crippen LogP contribution in [0.5, 0.6) is 0 Å². The maximum atomic E-state index is 10.6. The van der Waals surface area contributed by atoms with Gasteiger partial charge < -0.3 is 10.4 Å². The van der Waals surface area contributed by atoms with Crippen LogP contribution in [0.15, 0.2) is 24.4 Å². The molecule has 0 amide bonds. The number of hydrogen-bond acceptors (Lipinski definition) is 3. The molecule has 0 spiro atoms. The molecule has 92 valence electrons. The summed E-state index contributed by atoms with van der Waals surface area (Å²) in [5, 5.41) is 14.3. The molecular weight excluding hydrogens is 234 g/mol. The molecule has 5 heteroatoms. The fourth-order valence-electron chi connectivity index (χ4n) is 2.36. The molecule has 17 heavy (non-hydrogen) atoms. The van der Waals surface area contributed by atoms with Crippen LogP contribution in [0.1, 0.15) is 27.2 Å². The molecule has 0 saturated carbocycles. The number of thiocarbonyl (C=S) groups is 1. The Morgan fingerprint density at radius 2 is 2.12 bits per heavy atom. The van der Waals surface area contributed by atoms with Crippen molar-refractivity contribution in [2.24, 2.45) is 0 Å². The summed E-state index contributed by atoms with van der Waals surface area (Å²) >= 11 is 5.32. The van der Waals surface area contributed by atoms with Crippen LogP contribution in [-0.2, 0) is 0 Å². The van der Waals surface area contributed by atoms with Gasteiger partial charge in [-0.1, -0.05) is 6.07 Å². The third kappa shape index (κ3) is 2.40. The van der Waals surface area contributed by atoms with Crippen molar-refractivity contribution in [2.45, 2.75) is 38.5 Å². The Labute approximate surface area is 107 Å². The second kappa shape index (κ2) is 3.92. The Bertz CT molecular complexity index is 431. The van der Waals surface area contributed by atoms with E-state index in [1.165, 1.54) is 0 Å². The molecule has 1 unspecified atom stereocenters. The lowest BCUT2D eigenvalue weighted by atomic mass is 9.90. The van der Waals surface area contributed by atoms with Gasteiger partial charge in [-0.25, -0.2) is 4.98 Å². The van der Waals surface area contributed by atoms with Crippen molar-refractivity contribution >= 4 is 23.1 Å². The van der Waals surface area contributed by atoms with E-state index in [9.17, 15) is 5.11 Å². The minimum atomic E-state index is -1.03. The summed E-state index contributed by atoms with van der Waals surface area (Å²) in [5.74, 6) is 0.658. The topological polar surface area (TPSA) is 48.4 Å². The summed E-state index contributed by atoms with van der Waals surface area (Å²) in [7, 11) is 0. The predicted octanol–water partition coefficient (Wildman–Crippen LogP) is 1.65. The van der Waals surface area contributed by atoms with Crippen LogP contribution in [0, 0.1) is 0 Å². The van der Waals surface area contributed by atoms with E-state index in [0.717, 1.165) is 0 Å². The number of hydrogen-bond donors (Lipinski definition) is 2. The van der Waals surface area contributed by atoms with Crippen LogP contribution >= 0.6 is 12.2 Å². The largest absolute Gasteiger partial charge is 0.371 e. The predicted molar refractivity (Wildman–Crippen MR) is 71.8 cm³/mol. The van der Waals surface area contributed by atoms with Crippen LogP contribution in [0.2, 0.25) is 0 Å². The van der Waals surface area contributed by atoms with E-state index in [-0.39, 0.29) is 5.54 Å². The van der Waals surface area contributed by atoms with E-state index < -0.39 is 5.72 Å². The highest BCUT2D eigenvalue weighted by Crippen LogP contribution is 2.32. The molecule has 1 atom stereocenters. The molecule has 2 rings (SSSR count). The van der Waals surface area contributed by atoms with Gasteiger partial charge in [0.2, 0.25) is 0 Å². The maximum Gasteiger partial charge on any atom is 0.177 e. The first kappa shape index (κ1) is 12.3. The van der Waals surface area contributed by atoms with Gasteiger partial charge in [0.05, 0.1) is 0 Å². The molecule has 1 aromatic heterocycles. The van der Waals surface area contributed by atoms with Crippen molar-refractivity contribution < 1.29 is 5.11 Å². The first-order valence-corrected chi connectivity index (χ1v) is 5.98. The van der Waals surface area contributed by atoms with Crippen LogP contribution in [-0.4, -0.2) is 26.5 Å². The number of aromatic nitrogens is 1. The first-order chi connectivity index (χ1) is 7.82. The Morgan fingerprint density at radius 3 is 2.65 bits per heavy atom. The summed E-state index contributed by atoms with van der Waals surface area (Å²) < 4.78 is 0. The zero-order valence-corrected chi connectivity index (χ0v) is 11.1. The third-order valence-corrected chi connectivity index (χ3v) is 3.07. The van der Waals surface area contributed by atoms with E-state index in [4.69, 9.17) is 12.2 Å². The van der Waals surface area contributed by atoms with Crippen LogP contribution in [0.25, 0.3) is 0 Å². The lowest BCUT2D eigenvalue weighted by Crippen LogP contribution is -2.67. The lowest BCUT2D eigenvalue weighted by molar-refractivity contribution is 0.0272. The van der Waals surface area contributed by atoms with Crippen molar-refractivity contribution in [2.75, 3.05) is 4.90 Å². The minimum Gasteiger partial charge on any atom is -0.371 e. The van der Waals surface area contributed by atoms with Gasteiger partial charge in [0.1, 0.15) is 11.5 Å². The highest BCUT2D eigenvalue weighted by Gasteiger charge is 2.44. The molecule has 2 heterocycles. The second-order valence-corrected chi connectivity index (χ2v) is 5.62. The van der Waals surface area contributed by atoms with Crippen molar-refractivity contribution in [1.29, 1.82) is 0 Å². The van der Waals surface area contributed by atoms with E-state index >= 15 is 0 Å². The molecule has 2 N–H and O–H groups in total. The smallest absolute Gasteiger partial charge is 0.177 e. The maximum absolute atomic E-state index is 10.6. The van der Waals surface area contributed by atoms with Gasteiger partial charge in [-0.2, -0.15) is 0 Å². The van der Waals surface area contributed by atoms with Gasteiger partial charge in [0, 0.05) is 18.2 Å². The SMILES string of the molecule is CC1(C)CC(C)(O)N(c2ccccn2)C(=S)N1. The zero-order valence-electron chi connectivity index (χ0n) is 10.3. The molecule has 0 radical (unpaired) electrons. The monoisotopic (exact) mass is 251 g/mol. The van der Waals surface area contributed by atoms with Crippen LogP contribution in [0.3, 0.4) is 0 Å². The van der Waals surface area contributed by atoms with Gasteiger partial charge in [0.25, 0.3) is 0 Å². The standard InChI is InChI=1S/C12H17N3OS/c1-11(2)8-12(3,16)15(10(17)14-11)9-6-4-5-7-13-9/h4-7,16H,8H2,1-3H3,(H,14,17). The summed E-state index contributed by atoms with van der Waals surface area (Å²) in [6.07, 6.45) is 2.25. The Hall–Kier alpha value is -1.20. The molecule has 1 fully saturated rings. The number of aliphatic hydroxyl groups is 1. The quantitative estimate of drug-likeness (QED) is 0.743. The lowest BCUT2D eigenvalue weighted by Gasteiger charge is -2.48. The molecule has 1 aliphatic heterocycles. The van der Waals surface area contributed by atoms with Crippen LogP contribution < -0.4 is 10.2 Å². The normalized spacial score (nSPS) is 27.8. The molecule has 4 nitrogen and oxygen atoms in total. The Balaban J connectivity index is 2.38. The third-order valence-electron chi connectivity index (χ3n) is 2.79. The van der Waals surface area contributed by atoms with Gasteiger partial charge in [-0.3, -0.25) is 4.90 Å². The highest BCUT2D eigenvalue weighted by molar-refractivity contribution is 7.80. The summed E-state index contributed by atoms with van der Waals surface area (Å²) in [4.78, 5) is 5.89. The number of nitrogens with one attached hydrogen (secondary N) is 1. The van der Waals surface area contributed by atoms with Gasteiger partial charge in [-0.15, -0.1) is 0 Å². The zero-order chi connectivity index (χ0) is 12.7. The molecule has 1 saturated heterocycles. The average molecular weight is 251 g/mol. The van der Waals surface area contributed by atoms with E-state index in [0.29, 0.717) is 17.4 Å². The van der Waals surface area contributed by atoms with Crippen molar-refractivity contribution in [1.82, 2.24) is 10.3 Å². The molecule has 1 aromatic rings. The summed E-state index contributed by atoms with van der Waals surface area (Å²) in [6.45, 7) is 5.80. The molecule has 0 bridgehead atoms. The molecule has 0 aliphatic carbocycles. The highest BCUT2D eigenvalue weighted by atomic mass is 32.1. The molecule has 0 aromatic carbocycles. The van der Waals surface area contributed by atoms with E-state index in [2.05, 4.69) is 10.3 Å². The molecular formula is C12H17N3OS. The fraction of sp³-hybridized carbons (Fsp3) is 0.500. The number of rotatable bonds is 1. The minimum absolute atomic E-state index is 0.216. The Morgan fingerprint density at radius 1 is 1.41 bits per heavy atom. The fourth-order valence-corrected chi connectivity index (χ4v) is 2.93. The summed E-state index contributed by atoms with van der Waals surface area (Å²) in [6, 6.07) is 5.55. The Kier molecular flexibility index (Phi) is 2.83. The summed E-state index contributed by atoms with van der Waals surface area (Å²) in [5.41, 5.74) is -1.24. The van der Waals surface area contributed by atoms with Crippen LogP contribution in [0.4, 0.5) is 5.82 Å². The van der Waals surface area contributed by atoms with Gasteiger partial charge in [-0.05, 0) is 45.1 Å². The number of anilines is 1. The number of pyridine rings is 1. The second-order valence-electron chi connectivity index (χ2n) is 5.23. The average Bonchev–Trinajstić information content (AvgIpc) is 2.14. The van der Waals surface area contributed by atoms with E-state index in [1.807, 2.05) is 32.0 Å². The molecule has 1 aliphatic rings. The first-order valence-electron chi connectivity index (χ1n) is 5.58. The van der Waals surface area contributed by atoms with Crippen molar-refractivity contribution in [3.05, 3.63) is 24.4 Å². The number of nitrogens with zero attached hydrogens (tertiary/aromatic N) is 2. The van der Waals surface area contributed by atoms with Gasteiger partial charge in [0.15, 0.2) is 5.11 Å².